The standard InChI is InChI=1S/C67H99ClN10O18/c1-39(2)59(74-55(80)25-28-92-30-31-93-29-27-71-61(84)48(22-23-57(82)83)73-54(79)24-26-70-47-20-16-15-19-46(47)33-41(4)38-76(10)69-9)62(85)72-43(6)63(86)77(11)44(7)64(87)95-53-36-56(81)78(12)49-34-45(35-50(90-13)58(49)68)32-40(3)18-17-21-52(91-14)67(89)37-51(94-65(88)75-67)42(5)60-66(53,8)96-60/h15-21,33-35,39,42-44,48,51-53,59-60,69-70,89H,22-32,36-38H2,1-14H3,(H,71,84)(H,72,85)(H,73,79)(H,74,80)(H,75,88)(H,82,83)/b21-17+,40-18+,41-33+/t42-,43+,44+,48+,51+,52-,53+,59+,60+,66-,67+/m1/s1. The number of esters is 1. The van der Waals surface area contributed by atoms with Gasteiger partial charge in [-0.25, -0.2) is 14.6 Å². The van der Waals surface area contributed by atoms with Crippen molar-refractivity contribution in [2.75, 3.05) is 98.7 Å². The third-order valence-corrected chi connectivity index (χ3v) is 17.4. The Balaban J connectivity index is 1.10. The summed E-state index contributed by atoms with van der Waals surface area (Å²) in [7, 11) is 9.48. The van der Waals surface area contributed by atoms with Crippen molar-refractivity contribution < 1.29 is 86.5 Å². The monoisotopic (exact) mass is 1370 g/mol. The number of nitrogens with zero attached hydrogens (tertiary/aromatic N) is 3. The van der Waals surface area contributed by atoms with Crippen molar-refractivity contribution >= 4 is 82.5 Å². The molecule has 2 fully saturated rings. The molecule has 3 heterocycles. The fourth-order valence-corrected chi connectivity index (χ4v) is 11.5. The average molecular weight is 1370 g/mol. The fourth-order valence-electron chi connectivity index (χ4n) is 11.2. The minimum absolute atomic E-state index is 0.0180. The van der Waals surface area contributed by atoms with Crippen molar-refractivity contribution in [2.45, 2.75) is 160 Å². The Morgan fingerprint density at radius 3 is 2.28 bits per heavy atom. The molecule has 0 aliphatic carbocycles. The maximum atomic E-state index is 14.5. The summed E-state index contributed by atoms with van der Waals surface area (Å²) in [6, 6.07) is 6.47. The molecule has 532 valence electrons. The lowest BCUT2D eigenvalue weighted by atomic mass is 9.83. The van der Waals surface area contributed by atoms with E-state index in [1.54, 1.807) is 52.0 Å². The molecule has 29 heteroatoms. The van der Waals surface area contributed by atoms with Crippen LogP contribution in [0.15, 0.2) is 65.8 Å². The molecule has 0 unspecified atom stereocenters. The van der Waals surface area contributed by atoms with E-state index < -0.39 is 132 Å². The number of rotatable bonds is 32. The Morgan fingerprint density at radius 2 is 1.61 bits per heavy atom. The predicted molar refractivity (Wildman–Crippen MR) is 358 cm³/mol. The summed E-state index contributed by atoms with van der Waals surface area (Å²) >= 11 is 6.84. The number of carboxylic acids is 1. The zero-order chi connectivity index (χ0) is 71.2. The molecule has 2 aromatic rings. The van der Waals surface area contributed by atoms with E-state index in [0.717, 1.165) is 32.9 Å². The summed E-state index contributed by atoms with van der Waals surface area (Å²) in [4.78, 5) is 123. The number of likely N-dealkylation sites (N-methyl/N-ethyl adjacent to an activating group) is 2. The van der Waals surface area contributed by atoms with Crippen LogP contribution in [0, 0.1) is 11.8 Å². The molecule has 96 heavy (non-hydrogen) atoms. The Hall–Kier alpha value is -7.70. The predicted octanol–water partition coefficient (Wildman–Crippen LogP) is 4.02. The molecule has 4 bridgehead atoms. The summed E-state index contributed by atoms with van der Waals surface area (Å²) in [6.45, 7) is 14.7. The third kappa shape index (κ3) is 23.0. The maximum absolute atomic E-state index is 14.5. The number of amides is 7. The number of para-hydroxylation sites is 1. The van der Waals surface area contributed by atoms with Gasteiger partial charge in [-0.15, -0.1) is 0 Å². The van der Waals surface area contributed by atoms with Crippen LogP contribution in [0.3, 0.4) is 0 Å². The second-order valence-electron chi connectivity index (χ2n) is 25.0. The van der Waals surface area contributed by atoms with Gasteiger partial charge in [-0.05, 0) is 89.8 Å². The van der Waals surface area contributed by atoms with Gasteiger partial charge in [-0.3, -0.25) is 44.3 Å². The van der Waals surface area contributed by atoms with Crippen LogP contribution in [-0.2, 0) is 73.2 Å². The first-order valence-electron chi connectivity index (χ1n) is 32.1. The lowest BCUT2D eigenvalue weighted by molar-refractivity contribution is -0.162. The van der Waals surface area contributed by atoms with Crippen LogP contribution in [0.1, 0.15) is 105 Å². The minimum atomic E-state index is -1.92. The van der Waals surface area contributed by atoms with Crippen molar-refractivity contribution in [3.8, 4) is 5.75 Å². The Bertz CT molecular complexity index is 3150. The molecule has 7 amide bonds. The number of benzene rings is 2. The number of aliphatic carboxylic acids is 1. The summed E-state index contributed by atoms with van der Waals surface area (Å²) in [5.74, 6) is -6.25. The lowest BCUT2D eigenvalue weighted by Gasteiger charge is -2.42. The molecule has 3 aliphatic rings. The van der Waals surface area contributed by atoms with Gasteiger partial charge in [-0.1, -0.05) is 86.0 Å². The molecule has 3 aliphatic heterocycles. The Morgan fingerprint density at radius 1 is 0.927 bits per heavy atom. The molecule has 0 aromatic heterocycles. The van der Waals surface area contributed by atoms with Gasteiger partial charge in [0.2, 0.25) is 35.4 Å². The summed E-state index contributed by atoms with van der Waals surface area (Å²) in [5.41, 5.74) is 4.56. The number of allylic oxidation sites excluding steroid dienone is 3. The Labute approximate surface area is 567 Å². The minimum Gasteiger partial charge on any atom is -0.495 e. The molecule has 0 spiro atoms. The number of hydrogen-bond donors (Lipinski definition) is 9. The van der Waals surface area contributed by atoms with E-state index >= 15 is 0 Å². The number of nitrogens with one attached hydrogen (secondary N) is 7. The summed E-state index contributed by atoms with van der Waals surface area (Å²) in [5, 5.41) is 39.7. The third-order valence-electron chi connectivity index (χ3n) is 17.1. The van der Waals surface area contributed by atoms with Crippen LogP contribution in [-0.4, -0.2) is 222 Å². The fraction of sp³-hybridized carbons (Fsp3) is 0.597. The topological polar surface area (TPSA) is 356 Å². The van der Waals surface area contributed by atoms with Gasteiger partial charge in [0.25, 0.3) is 0 Å². The van der Waals surface area contributed by atoms with Gasteiger partial charge in [0.05, 0.1) is 51.7 Å². The van der Waals surface area contributed by atoms with Crippen LogP contribution in [0.5, 0.6) is 5.75 Å². The van der Waals surface area contributed by atoms with Crippen molar-refractivity contribution in [2.24, 2.45) is 11.8 Å². The number of aliphatic hydroxyl groups is 1. The number of alkyl carbamates (subject to hydrolysis) is 1. The zero-order valence-corrected chi connectivity index (χ0v) is 58.3. The summed E-state index contributed by atoms with van der Waals surface area (Å²) in [6.07, 6.45) is 1.43. The van der Waals surface area contributed by atoms with Gasteiger partial charge in [0.1, 0.15) is 58.9 Å². The van der Waals surface area contributed by atoms with E-state index in [0.29, 0.717) is 24.4 Å². The van der Waals surface area contributed by atoms with Crippen molar-refractivity contribution in [3.05, 3.63) is 81.9 Å². The number of carbonyl (C=O) groups is 9. The van der Waals surface area contributed by atoms with Crippen LogP contribution >= 0.6 is 11.6 Å². The second-order valence-corrected chi connectivity index (χ2v) is 25.4. The molecule has 11 atom stereocenters. The van der Waals surface area contributed by atoms with E-state index in [1.807, 2.05) is 69.4 Å². The molecular weight excluding hydrogens is 1270 g/mol. The van der Waals surface area contributed by atoms with E-state index in [-0.39, 0.29) is 76.6 Å². The van der Waals surface area contributed by atoms with Gasteiger partial charge in [-0.2, -0.15) is 0 Å². The number of halogens is 1. The smallest absolute Gasteiger partial charge is 0.409 e. The van der Waals surface area contributed by atoms with Crippen LogP contribution in [0.4, 0.5) is 16.2 Å². The first-order chi connectivity index (χ1) is 45.4. The van der Waals surface area contributed by atoms with E-state index in [1.165, 1.54) is 47.1 Å². The first kappa shape index (κ1) is 79.0. The SMILES string of the molecule is CNN(C)C/C(C)=C/c1ccccc1NCCC(=O)N[C@@H](CCC(=O)O)C(=O)NCCOCCOCCC(=O)N[C@H](C(=O)N[C@@H](C)C(=O)N(C)[C@@H](C)C(=O)O[C@H]1CC(=O)N(C)c2cc(cc(OC)c2Cl)C/C(C)=C/C=C/[C@@H](OC)[C@@]2(O)C[C@H](OC(=O)N2)[C@@H](C)[C@@H]2O[C@]12C)C(C)C. The van der Waals surface area contributed by atoms with Gasteiger partial charge in [0, 0.05) is 85.2 Å². The molecular formula is C67H99ClN10O18. The molecule has 28 nitrogen and oxygen atoms in total. The number of hydrazine groups is 1. The maximum Gasteiger partial charge on any atom is 0.409 e. The zero-order valence-electron chi connectivity index (χ0n) is 57.6. The largest absolute Gasteiger partial charge is 0.495 e. The quantitative estimate of drug-likeness (QED) is 0.0216. The van der Waals surface area contributed by atoms with Crippen molar-refractivity contribution in [3.63, 3.8) is 0 Å². The van der Waals surface area contributed by atoms with Crippen LogP contribution in [0.2, 0.25) is 5.02 Å². The highest BCUT2D eigenvalue weighted by Gasteiger charge is 2.64. The molecule has 2 saturated heterocycles. The lowest BCUT2D eigenvalue weighted by Crippen LogP contribution is -2.63. The van der Waals surface area contributed by atoms with Crippen molar-refractivity contribution in [1.29, 1.82) is 0 Å². The average Bonchev–Trinajstić information content (AvgIpc) is 1.57. The molecule has 0 saturated carbocycles. The molecule has 5 rings (SSSR count). The van der Waals surface area contributed by atoms with E-state index in [4.69, 9.17) is 44.8 Å². The first-order valence-corrected chi connectivity index (χ1v) is 32.5. The molecule has 0 radical (unpaired) electrons. The number of methoxy groups -OCH3 is 2. The number of ether oxygens (including phenoxy) is 7. The Kier molecular flexibility index (Phi) is 30.6. The van der Waals surface area contributed by atoms with Crippen molar-refractivity contribution in [1.82, 2.24) is 41.9 Å². The van der Waals surface area contributed by atoms with Crippen LogP contribution < -0.4 is 47.0 Å². The van der Waals surface area contributed by atoms with E-state index in [2.05, 4.69) is 37.3 Å². The number of hydrogen-bond acceptors (Lipinski definition) is 20. The van der Waals surface area contributed by atoms with Gasteiger partial charge >= 0.3 is 18.0 Å². The highest BCUT2D eigenvalue weighted by molar-refractivity contribution is 6.35. The normalized spacial score (nSPS) is 23.5. The van der Waals surface area contributed by atoms with Crippen LogP contribution in [0.25, 0.3) is 6.08 Å². The second kappa shape index (κ2) is 37.1. The summed E-state index contributed by atoms with van der Waals surface area (Å²) < 4.78 is 40.7. The number of carbonyl (C=O) groups excluding carboxylic acids is 8. The number of epoxide rings is 1. The van der Waals surface area contributed by atoms with Gasteiger partial charge in [0.15, 0.2) is 5.72 Å². The highest BCUT2D eigenvalue weighted by Crippen LogP contribution is 2.49. The molecule has 2 aromatic carbocycles. The van der Waals surface area contributed by atoms with Gasteiger partial charge < -0.3 is 79.8 Å². The molecule has 9 N–H and O–H groups in total. The number of fused-ring (bicyclic) bond motifs is 5. The highest BCUT2D eigenvalue weighted by atomic mass is 35.5. The number of anilines is 2. The van der Waals surface area contributed by atoms with E-state index in [9.17, 15) is 53.4 Å². The number of carboxylic acid groups (broad SMARTS) is 1.